The first-order valence-corrected chi connectivity index (χ1v) is 8.00. The molecule has 124 valence electrons. The van der Waals surface area contributed by atoms with E-state index >= 15 is 0 Å². The van der Waals surface area contributed by atoms with E-state index in [-0.39, 0.29) is 5.92 Å². The smallest absolute Gasteiger partial charge is 0.223 e. The predicted octanol–water partition coefficient (Wildman–Crippen LogP) is 1.61. The molecule has 7 heteroatoms. The van der Waals surface area contributed by atoms with Crippen molar-refractivity contribution in [2.45, 2.75) is 5.92 Å². The van der Waals surface area contributed by atoms with Gasteiger partial charge in [-0.2, -0.15) is 10.4 Å². The summed E-state index contributed by atoms with van der Waals surface area (Å²) in [6, 6.07) is 9.77. The average Bonchev–Trinajstić information content (AvgIpc) is 3.28. The monoisotopic (exact) mass is 332 g/mol. The minimum absolute atomic E-state index is 0.212. The molecule has 0 spiro atoms. The molecule has 1 aliphatic heterocycles. The highest BCUT2D eigenvalue weighted by molar-refractivity contribution is 5.95. The number of carbonyl (C=O) groups is 1. The normalized spacial score (nSPS) is 19.9. The quantitative estimate of drug-likeness (QED) is 0.708. The first-order chi connectivity index (χ1) is 12.2. The second kappa shape index (κ2) is 5.91. The highest BCUT2D eigenvalue weighted by Gasteiger charge is 2.39. The van der Waals surface area contributed by atoms with Gasteiger partial charge in [0.2, 0.25) is 5.91 Å². The topological polar surface area (TPSA) is 112 Å². The molecule has 1 fully saturated rings. The molecule has 25 heavy (non-hydrogen) atoms. The molecule has 1 saturated heterocycles. The molecular formula is C18H16N6O. The number of rotatable bonds is 3. The highest BCUT2D eigenvalue weighted by Crippen LogP contribution is 2.38. The van der Waals surface area contributed by atoms with Crippen molar-refractivity contribution in [2.24, 2.45) is 11.7 Å². The number of aromatic nitrogens is 3. The number of likely N-dealkylation sites (tertiary alicyclic amines) is 1. The van der Waals surface area contributed by atoms with Gasteiger partial charge in [-0.1, -0.05) is 18.2 Å². The third kappa shape index (κ3) is 2.48. The van der Waals surface area contributed by atoms with Crippen molar-refractivity contribution in [1.29, 1.82) is 5.26 Å². The Hall–Kier alpha value is -3.40. The molecule has 0 aliphatic carbocycles. The van der Waals surface area contributed by atoms with E-state index in [1.165, 1.54) is 0 Å². The van der Waals surface area contributed by atoms with E-state index in [0.29, 0.717) is 13.1 Å². The second-order valence-corrected chi connectivity index (χ2v) is 6.19. The molecular weight excluding hydrogens is 316 g/mol. The lowest BCUT2D eigenvalue weighted by Crippen LogP contribution is -2.29. The molecule has 3 aromatic rings. The van der Waals surface area contributed by atoms with Crippen molar-refractivity contribution in [2.75, 3.05) is 13.1 Å². The minimum Gasteiger partial charge on any atom is -0.369 e. The number of amides is 1. The van der Waals surface area contributed by atoms with Crippen LogP contribution in [0.5, 0.6) is 0 Å². The van der Waals surface area contributed by atoms with Crippen LogP contribution in [0.25, 0.3) is 22.0 Å². The molecule has 7 nitrogen and oxygen atoms in total. The Morgan fingerprint density at radius 2 is 2.12 bits per heavy atom. The molecule has 1 amide bonds. The van der Waals surface area contributed by atoms with Crippen molar-refractivity contribution in [3.63, 3.8) is 0 Å². The standard InChI is InChI=1S/C18H16N6O/c19-10-24-8-14(15(9-24)18(20)25)17-12(4-2-6-21-17)11-3-1-5-16-13(11)7-22-23-16/h1-7,14-15H,8-9H2,(H2,20,25)(H,22,23). The number of benzene rings is 1. The van der Waals surface area contributed by atoms with Gasteiger partial charge in [0.25, 0.3) is 0 Å². The van der Waals surface area contributed by atoms with Crippen LogP contribution < -0.4 is 5.73 Å². The van der Waals surface area contributed by atoms with Crippen LogP contribution >= 0.6 is 0 Å². The number of nitrogens with one attached hydrogen (secondary N) is 1. The van der Waals surface area contributed by atoms with E-state index in [1.54, 1.807) is 17.3 Å². The average molecular weight is 332 g/mol. The number of H-pyrrole nitrogens is 1. The maximum Gasteiger partial charge on any atom is 0.223 e. The number of aromatic amines is 1. The van der Waals surface area contributed by atoms with Crippen molar-refractivity contribution in [3.8, 4) is 17.3 Å². The van der Waals surface area contributed by atoms with Gasteiger partial charge < -0.3 is 10.6 Å². The van der Waals surface area contributed by atoms with Crippen molar-refractivity contribution in [3.05, 3.63) is 48.4 Å². The molecule has 1 aliphatic rings. The Morgan fingerprint density at radius 1 is 1.28 bits per heavy atom. The largest absolute Gasteiger partial charge is 0.369 e. The first-order valence-electron chi connectivity index (χ1n) is 8.00. The number of nitrogens with two attached hydrogens (primary N) is 1. The number of nitrogens with zero attached hydrogens (tertiary/aromatic N) is 4. The zero-order chi connectivity index (χ0) is 17.4. The second-order valence-electron chi connectivity index (χ2n) is 6.19. The Morgan fingerprint density at radius 3 is 2.92 bits per heavy atom. The van der Waals surface area contributed by atoms with Gasteiger partial charge in [-0.15, -0.1) is 0 Å². The number of hydrogen-bond donors (Lipinski definition) is 2. The lowest BCUT2D eigenvalue weighted by molar-refractivity contribution is -0.121. The third-order valence-electron chi connectivity index (χ3n) is 4.79. The van der Waals surface area contributed by atoms with Gasteiger partial charge in [0, 0.05) is 36.2 Å². The minimum atomic E-state index is -0.433. The maximum absolute atomic E-state index is 11.9. The zero-order valence-electron chi connectivity index (χ0n) is 13.4. The Balaban J connectivity index is 1.86. The summed E-state index contributed by atoms with van der Waals surface area (Å²) in [5.41, 5.74) is 9.24. The molecule has 2 atom stereocenters. The molecule has 0 radical (unpaired) electrons. The SMILES string of the molecule is N#CN1CC(C(N)=O)C(c2ncccc2-c2cccc3[nH]ncc23)C1. The van der Waals surface area contributed by atoms with Crippen LogP contribution in [0.3, 0.4) is 0 Å². The fraction of sp³-hybridized carbons (Fsp3) is 0.222. The summed E-state index contributed by atoms with van der Waals surface area (Å²) in [7, 11) is 0. The van der Waals surface area contributed by atoms with Gasteiger partial charge >= 0.3 is 0 Å². The molecule has 0 bridgehead atoms. The summed E-state index contributed by atoms with van der Waals surface area (Å²) in [6.45, 7) is 0.776. The van der Waals surface area contributed by atoms with Gasteiger partial charge in [-0.05, 0) is 17.7 Å². The van der Waals surface area contributed by atoms with Crippen molar-refractivity contribution >= 4 is 16.8 Å². The van der Waals surface area contributed by atoms with Crippen molar-refractivity contribution in [1.82, 2.24) is 20.1 Å². The summed E-state index contributed by atoms with van der Waals surface area (Å²) in [5.74, 6) is -1.05. The van der Waals surface area contributed by atoms with E-state index in [0.717, 1.165) is 27.7 Å². The van der Waals surface area contributed by atoms with Crippen LogP contribution in [-0.4, -0.2) is 39.1 Å². The van der Waals surface area contributed by atoms with Crippen LogP contribution in [-0.2, 0) is 4.79 Å². The maximum atomic E-state index is 11.9. The van der Waals surface area contributed by atoms with E-state index in [4.69, 9.17) is 5.73 Å². The van der Waals surface area contributed by atoms with Crippen LogP contribution in [0, 0.1) is 17.4 Å². The molecule has 2 unspecified atom stereocenters. The summed E-state index contributed by atoms with van der Waals surface area (Å²) in [6.07, 6.45) is 5.61. The number of hydrogen-bond acceptors (Lipinski definition) is 5. The Kier molecular flexibility index (Phi) is 3.58. The number of carbonyl (C=O) groups excluding carboxylic acids is 1. The number of fused-ring (bicyclic) bond motifs is 1. The van der Waals surface area contributed by atoms with Crippen LogP contribution in [0.1, 0.15) is 11.6 Å². The molecule has 4 rings (SSSR count). The van der Waals surface area contributed by atoms with Gasteiger partial charge in [-0.3, -0.25) is 14.9 Å². The van der Waals surface area contributed by atoms with Gasteiger partial charge in [0.1, 0.15) is 0 Å². The van der Waals surface area contributed by atoms with Gasteiger partial charge in [0.05, 0.1) is 23.3 Å². The van der Waals surface area contributed by atoms with Crippen LogP contribution in [0.4, 0.5) is 0 Å². The summed E-state index contributed by atoms with van der Waals surface area (Å²) in [4.78, 5) is 18.0. The zero-order valence-corrected chi connectivity index (χ0v) is 13.4. The van der Waals surface area contributed by atoms with E-state index < -0.39 is 11.8 Å². The fourth-order valence-corrected chi connectivity index (χ4v) is 3.59. The number of primary amides is 1. The lowest BCUT2D eigenvalue weighted by Gasteiger charge is -2.18. The Labute approximate surface area is 144 Å². The summed E-state index contributed by atoms with van der Waals surface area (Å²) >= 11 is 0. The first kappa shape index (κ1) is 15.1. The van der Waals surface area contributed by atoms with Crippen LogP contribution in [0.15, 0.2) is 42.7 Å². The van der Waals surface area contributed by atoms with E-state index in [1.807, 2.05) is 30.3 Å². The molecule has 3 heterocycles. The van der Waals surface area contributed by atoms with Crippen LogP contribution in [0.2, 0.25) is 0 Å². The summed E-state index contributed by atoms with van der Waals surface area (Å²) < 4.78 is 0. The Bertz CT molecular complexity index is 988. The molecule has 2 aromatic heterocycles. The molecule has 3 N–H and O–H groups in total. The van der Waals surface area contributed by atoms with E-state index in [2.05, 4.69) is 21.4 Å². The van der Waals surface area contributed by atoms with Gasteiger partial charge in [0.15, 0.2) is 6.19 Å². The predicted molar refractivity (Wildman–Crippen MR) is 91.9 cm³/mol. The van der Waals surface area contributed by atoms with Crippen molar-refractivity contribution < 1.29 is 4.79 Å². The number of nitriles is 1. The lowest BCUT2D eigenvalue weighted by atomic mass is 9.87. The molecule has 0 saturated carbocycles. The summed E-state index contributed by atoms with van der Waals surface area (Å²) in [5, 5.41) is 17.3. The highest BCUT2D eigenvalue weighted by atomic mass is 16.1. The fourth-order valence-electron chi connectivity index (χ4n) is 3.59. The van der Waals surface area contributed by atoms with E-state index in [9.17, 15) is 10.1 Å². The third-order valence-corrected chi connectivity index (χ3v) is 4.79. The van der Waals surface area contributed by atoms with Gasteiger partial charge in [-0.25, -0.2) is 0 Å². The molecule has 1 aromatic carbocycles. The number of pyridine rings is 1.